The molecule has 1 N–H and O–H groups in total. The second-order valence-electron chi connectivity index (χ2n) is 7.26. The van der Waals surface area contributed by atoms with E-state index in [1.807, 2.05) is 13.1 Å². The molecule has 0 bridgehead atoms. The minimum Gasteiger partial charge on any atom is -0.478 e. The van der Waals surface area contributed by atoms with E-state index in [2.05, 4.69) is 15.4 Å². The van der Waals surface area contributed by atoms with Crippen LogP contribution in [0.3, 0.4) is 0 Å². The van der Waals surface area contributed by atoms with E-state index in [0.717, 1.165) is 41.9 Å². The molecule has 3 aromatic rings. The van der Waals surface area contributed by atoms with Gasteiger partial charge in [-0.05, 0) is 50.5 Å². The molecule has 1 aromatic carbocycles. The first-order valence-corrected chi connectivity index (χ1v) is 10.0. The third-order valence-electron chi connectivity index (χ3n) is 5.14. The molecule has 0 saturated heterocycles. The van der Waals surface area contributed by atoms with E-state index >= 15 is 0 Å². The minimum atomic E-state index is -4.50. The fourth-order valence-electron chi connectivity index (χ4n) is 3.67. The lowest BCUT2D eigenvalue weighted by molar-refractivity contribution is -0.137. The van der Waals surface area contributed by atoms with Gasteiger partial charge in [0, 0.05) is 29.6 Å². The highest BCUT2D eigenvalue weighted by Gasteiger charge is 2.31. The van der Waals surface area contributed by atoms with Crippen molar-refractivity contribution < 1.29 is 22.7 Å². The first-order chi connectivity index (χ1) is 14.8. The quantitative estimate of drug-likeness (QED) is 0.648. The standard InChI is InChI=1S/C22H21F3N4O2/c1-2-31-20-12-16(9-10-26-20)29-13-17-18(7-4-8-19(17)28-29)27-21(30)14-5-3-6-15(11-14)22(23,24)25/h3,5-6,9-13,18H,2,4,7-8H2,1H3,(H,27,30). The van der Waals surface area contributed by atoms with Crippen LogP contribution in [-0.4, -0.2) is 27.3 Å². The maximum Gasteiger partial charge on any atom is 0.416 e. The number of benzene rings is 1. The Hall–Kier alpha value is -3.36. The molecule has 1 amide bonds. The van der Waals surface area contributed by atoms with Crippen LogP contribution in [0.15, 0.2) is 48.8 Å². The van der Waals surface area contributed by atoms with E-state index in [9.17, 15) is 18.0 Å². The number of fused-ring (bicyclic) bond motifs is 1. The van der Waals surface area contributed by atoms with Crippen molar-refractivity contribution in [2.45, 2.75) is 38.4 Å². The third kappa shape index (κ3) is 4.55. The van der Waals surface area contributed by atoms with Crippen LogP contribution in [0.1, 0.15) is 53.0 Å². The Bertz CT molecular complexity index is 1090. The summed E-state index contributed by atoms with van der Waals surface area (Å²) in [7, 11) is 0. The molecule has 0 aliphatic heterocycles. The Kier molecular flexibility index (Phi) is 5.67. The van der Waals surface area contributed by atoms with E-state index in [1.165, 1.54) is 12.1 Å². The van der Waals surface area contributed by atoms with Crippen LogP contribution in [-0.2, 0) is 12.6 Å². The average Bonchev–Trinajstić information content (AvgIpc) is 3.19. The molecule has 9 heteroatoms. The largest absolute Gasteiger partial charge is 0.478 e. The van der Waals surface area contributed by atoms with Crippen LogP contribution in [0.4, 0.5) is 13.2 Å². The molecule has 4 rings (SSSR count). The number of alkyl halides is 3. The maximum absolute atomic E-state index is 13.0. The van der Waals surface area contributed by atoms with Gasteiger partial charge in [-0.2, -0.15) is 18.3 Å². The van der Waals surface area contributed by atoms with Crippen LogP contribution < -0.4 is 10.1 Å². The second kappa shape index (κ2) is 8.41. The number of carbonyl (C=O) groups is 1. The average molecular weight is 430 g/mol. The van der Waals surface area contributed by atoms with Crippen LogP contribution in [0, 0.1) is 0 Å². The van der Waals surface area contributed by atoms with Gasteiger partial charge < -0.3 is 10.1 Å². The molecule has 0 saturated carbocycles. The number of carbonyl (C=O) groups excluding carboxylic acids is 1. The van der Waals surface area contributed by atoms with Gasteiger partial charge in [0.25, 0.3) is 5.91 Å². The van der Waals surface area contributed by atoms with Gasteiger partial charge in [0.1, 0.15) is 0 Å². The molecule has 2 heterocycles. The number of halogens is 3. The van der Waals surface area contributed by atoms with Crippen LogP contribution >= 0.6 is 0 Å². The fourth-order valence-corrected chi connectivity index (χ4v) is 3.67. The number of hydrogen-bond donors (Lipinski definition) is 1. The molecule has 0 fully saturated rings. The van der Waals surface area contributed by atoms with Gasteiger partial charge in [0.2, 0.25) is 5.88 Å². The number of rotatable bonds is 5. The van der Waals surface area contributed by atoms with E-state index in [0.29, 0.717) is 18.9 Å². The highest BCUT2D eigenvalue weighted by molar-refractivity contribution is 5.94. The zero-order valence-corrected chi connectivity index (χ0v) is 16.8. The first kappa shape index (κ1) is 20.9. The highest BCUT2D eigenvalue weighted by atomic mass is 19.4. The van der Waals surface area contributed by atoms with E-state index in [4.69, 9.17) is 4.74 Å². The van der Waals surface area contributed by atoms with E-state index < -0.39 is 17.6 Å². The molecule has 2 aromatic heterocycles. The molecule has 1 unspecified atom stereocenters. The fraction of sp³-hybridized carbons (Fsp3) is 0.318. The van der Waals surface area contributed by atoms with Gasteiger partial charge in [-0.3, -0.25) is 4.79 Å². The van der Waals surface area contributed by atoms with Gasteiger partial charge in [-0.25, -0.2) is 9.67 Å². The Morgan fingerprint density at radius 3 is 2.90 bits per heavy atom. The summed E-state index contributed by atoms with van der Waals surface area (Å²) in [5.74, 6) is -0.0536. The van der Waals surface area contributed by atoms with Crippen LogP contribution in [0.25, 0.3) is 5.69 Å². The summed E-state index contributed by atoms with van der Waals surface area (Å²) in [6.45, 7) is 2.37. The van der Waals surface area contributed by atoms with Crippen LogP contribution in [0.5, 0.6) is 5.88 Å². The molecule has 1 aliphatic rings. The summed E-state index contributed by atoms with van der Waals surface area (Å²) in [5.41, 5.74) is 1.62. The predicted molar refractivity (Wildman–Crippen MR) is 107 cm³/mol. The Morgan fingerprint density at radius 2 is 2.13 bits per heavy atom. The maximum atomic E-state index is 13.0. The smallest absolute Gasteiger partial charge is 0.416 e. The predicted octanol–water partition coefficient (Wildman–Crippen LogP) is 4.49. The monoisotopic (exact) mass is 430 g/mol. The molecule has 31 heavy (non-hydrogen) atoms. The first-order valence-electron chi connectivity index (χ1n) is 10.0. The molecule has 162 valence electrons. The number of nitrogens with one attached hydrogen (secondary N) is 1. The van der Waals surface area contributed by atoms with Gasteiger partial charge in [0.15, 0.2) is 0 Å². The molecular weight excluding hydrogens is 409 g/mol. The van der Waals surface area contributed by atoms with Crippen molar-refractivity contribution >= 4 is 5.91 Å². The van der Waals surface area contributed by atoms with Crippen molar-refractivity contribution in [1.82, 2.24) is 20.1 Å². The topological polar surface area (TPSA) is 69.0 Å². The minimum absolute atomic E-state index is 0.0233. The van der Waals surface area contributed by atoms with Crippen molar-refractivity contribution in [3.8, 4) is 11.6 Å². The summed E-state index contributed by atoms with van der Waals surface area (Å²) in [5, 5.41) is 7.50. The summed E-state index contributed by atoms with van der Waals surface area (Å²) in [4.78, 5) is 16.8. The summed E-state index contributed by atoms with van der Waals surface area (Å²) >= 11 is 0. The van der Waals surface area contributed by atoms with Crippen molar-refractivity contribution in [2.75, 3.05) is 6.61 Å². The van der Waals surface area contributed by atoms with Gasteiger partial charge in [0.05, 0.1) is 29.6 Å². The van der Waals surface area contributed by atoms with Crippen molar-refractivity contribution in [3.63, 3.8) is 0 Å². The normalized spacial score (nSPS) is 15.9. The number of pyridine rings is 1. The van der Waals surface area contributed by atoms with Crippen molar-refractivity contribution in [1.29, 1.82) is 0 Å². The van der Waals surface area contributed by atoms with Crippen molar-refractivity contribution in [3.05, 3.63) is 71.2 Å². The molecule has 1 atom stereocenters. The lowest BCUT2D eigenvalue weighted by Crippen LogP contribution is -2.30. The number of aromatic nitrogens is 3. The summed E-state index contributed by atoms with van der Waals surface area (Å²) in [6, 6.07) is 7.69. The zero-order valence-electron chi connectivity index (χ0n) is 16.8. The molecule has 1 aliphatic carbocycles. The SMILES string of the molecule is CCOc1cc(-n2cc3c(n2)CCCC3NC(=O)c2cccc(C(F)(F)F)c2)ccn1. The van der Waals surface area contributed by atoms with E-state index in [-0.39, 0.29) is 11.6 Å². The highest BCUT2D eigenvalue weighted by Crippen LogP contribution is 2.32. The van der Waals surface area contributed by atoms with Gasteiger partial charge >= 0.3 is 6.18 Å². The number of amides is 1. The molecule has 0 radical (unpaired) electrons. The number of hydrogen-bond acceptors (Lipinski definition) is 4. The lowest BCUT2D eigenvalue weighted by atomic mass is 9.93. The lowest BCUT2D eigenvalue weighted by Gasteiger charge is -2.22. The third-order valence-corrected chi connectivity index (χ3v) is 5.14. The van der Waals surface area contributed by atoms with Gasteiger partial charge in [-0.15, -0.1) is 0 Å². The summed E-state index contributed by atoms with van der Waals surface area (Å²) in [6.07, 6.45) is 1.24. The van der Waals surface area contributed by atoms with Crippen LogP contribution in [0.2, 0.25) is 0 Å². The summed E-state index contributed by atoms with van der Waals surface area (Å²) < 4.78 is 46.1. The van der Waals surface area contributed by atoms with Gasteiger partial charge in [-0.1, -0.05) is 6.07 Å². The van der Waals surface area contributed by atoms with Crippen molar-refractivity contribution in [2.24, 2.45) is 0 Å². The molecular formula is C22H21F3N4O2. The Morgan fingerprint density at radius 1 is 1.29 bits per heavy atom. The van der Waals surface area contributed by atoms with E-state index in [1.54, 1.807) is 23.0 Å². The Labute approximate surface area is 177 Å². The second-order valence-corrected chi connectivity index (χ2v) is 7.26. The number of nitrogens with zero attached hydrogens (tertiary/aromatic N) is 3. The molecule has 0 spiro atoms. The Balaban J connectivity index is 1.57. The zero-order chi connectivity index (χ0) is 22.0. The number of aryl methyl sites for hydroxylation is 1. The number of ether oxygens (including phenoxy) is 1. The molecule has 6 nitrogen and oxygen atoms in total.